The molecule has 1 aromatic rings. The Hall–Kier alpha value is -0.550. The van der Waals surface area contributed by atoms with Crippen LogP contribution in [0.1, 0.15) is 36.1 Å². The summed E-state index contributed by atoms with van der Waals surface area (Å²) in [5.41, 5.74) is 8.79. The van der Waals surface area contributed by atoms with Crippen molar-refractivity contribution in [2.75, 3.05) is 24.7 Å². The van der Waals surface area contributed by atoms with Gasteiger partial charge in [-0.05, 0) is 29.7 Å². The largest absolute Gasteiger partial charge is 0.396 e. The van der Waals surface area contributed by atoms with E-state index in [0.717, 1.165) is 30.9 Å². The van der Waals surface area contributed by atoms with Crippen molar-refractivity contribution in [2.45, 2.75) is 24.9 Å². The van der Waals surface area contributed by atoms with Gasteiger partial charge in [0.05, 0.1) is 0 Å². The lowest BCUT2D eigenvalue weighted by Crippen LogP contribution is -2.22. The van der Waals surface area contributed by atoms with Crippen LogP contribution in [0.5, 0.6) is 0 Å². The Morgan fingerprint density at radius 1 is 1.28 bits per heavy atom. The number of nitrogens with one attached hydrogen (secondary N) is 1. The summed E-state index contributed by atoms with van der Waals surface area (Å²) in [5.74, 6) is 2.13. The molecule has 0 spiro atoms. The van der Waals surface area contributed by atoms with E-state index >= 15 is 0 Å². The van der Waals surface area contributed by atoms with E-state index in [-0.39, 0.29) is 6.04 Å². The topological polar surface area (TPSA) is 58.3 Å². The highest BCUT2D eigenvalue weighted by atomic mass is 32.2. The summed E-state index contributed by atoms with van der Waals surface area (Å²) in [5, 5.41) is 12.3. The molecule has 0 saturated heterocycles. The average Bonchev–Trinajstić information content (AvgIpc) is 2.71. The van der Waals surface area contributed by atoms with Gasteiger partial charge in [0.15, 0.2) is 0 Å². The van der Waals surface area contributed by atoms with Crippen molar-refractivity contribution in [3.63, 3.8) is 0 Å². The molecule has 0 fully saturated rings. The highest BCUT2D eigenvalue weighted by Crippen LogP contribution is 2.36. The number of aliphatic hydroxyl groups is 1. The van der Waals surface area contributed by atoms with Gasteiger partial charge in [0.25, 0.3) is 0 Å². The fourth-order valence-corrected chi connectivity index (χ4v) is 3.24. The molecule has 0 aromatic heterocycles. The van der Waals surface area contributed by atoms with E-state index in [0.29, 0.717) is 12.6 Å². The molecule has 1 aliphatic carbocycles. The number of thioether (sulfide) groups is 1. The summed E-state index contributed by atoms with van der Waals surface area (Å²) in [6.45, 7) is 1.30. The standard InChI is InChI=1S/C14H22N2OS/c15-13-10-14(12-5-2-1-4-11(12)13)16-6-9-18-8-3-7-17/h1-2,4-5,13-14,16-17H,3,6-10,15H2. The molecule has 4 heteroatoms. The van der Waals surface area contributed by atoms with Crippen LogP contribution >= 0.6 is 11.8 Å². The number of aliphatic hydroxyl groups excluding tert-OH is 1. The SMILES string of the molecule is NC1CC(NCCSCCCO)c2ccccc21. The summed E-state index contributed by atoms with van der Waals surface area (Å²) in [7, 11) is 0. The van der Waals surface area contributed by atoms with E-state index in [1.807, 2.05) is 11.8 Å². The zero-order valence-corrected chi connectivity index (χ0v) is 11.5. The highest BCUT2D eigenvalue weighted by Gasteiger charge is 2.27. The minimum absolute atomic E-state index is 0.181. The molecule has 0 bridgehead atoms. The second-order valence-corrected chi connectivity index (χ2v) is 5.89. The van der Waals surface area contributed by atoms with E-state index in [2.05, 4.69) is 29.6 Å². The number of hydrogen-bond acceptors (Lipinski definition) is 4. The predicted molar refractivity (Wildman–Crippen MR) is 77.8 cm³/mol. The third kappa shape index (κ3) is 3.48. The molecule has 3 nitrogen and oxygen atoms in total. The van der Waals surface area contributed by atoms with Gasteiger partial charge >= 0.3 is 0 Å². The predicted octanol–water partition coefficient (Wildman–Crippen LogP) is 1.84. The van der Waals surface area contributed by atoms with Crippen molar-refractivity contribution in [3.8, 4) is 0 Å². The molecule has 2 unspecified atom stereocenters. The van der Waals surface area contributed by atoms with Crippen LogP contribution in [0, 0.1) is 0 Å². The molecule has 0 heterocycles. The minimum Gasteiger partial charge on any atom is -0.396 e. The lowest BCUT2D eigenvalue weighted by molar-refractivity contribution is 0.296. The second-order valence-electron chi connectivity index (χ2n) is 4.67. The van der Waals surface area contributed by atoms with E-state index in [1.54, 1.807) is 0 Å². The maximum absolute atomic E-state index is 8.69. The van der Waals surface area contributed by atoms with Crippen LogP contribution in [0.3, 0.4) is 0 Å². The first-order chi connectivity index (χ1) is 8.83. The van der Waals surface area contributed by atoms with E-state index in [4.69, 9.17) is 10.8 Å². The Bertz CT molecular complexity index is 373. The van der Waals surface area contributed by atoms with Crippen LogP contribution in [-0.2, 0) is 0 Å². The zero-order chi connectivity index (χ0) is 12.8. The van der Waals surface area contributed by atoms with Crippen molar-refractivity contribution >= 4 is 11.8 Å². The molecule has 0 saturated carbocycles. The van der Waals surface area contributed by atoms with Gasteiger partial charge in [-0.2, -0.15) is 11.8 Å². The van der Waals surface area contributed by atoms with E-state index in [1.165, 1.54) is 11.1 Å². The average molecular weight is 266 g/mol. The van der Waals surface area contributed by atoms with E-state index in [9.17, 15) is 0 Å². The van der Waals surface area contributed by atoms with Crippen LogP contribution in [-0.4, -0.2) is 29.8 Å². The maximum Gasteiger partial charge on any atom is 0.0438 e. The van der Waals surface area contributed by atoms with Crippen molar-refractivity contribution in [1.82, 2.24) is 5.32 Å². The molecule has 1 aliphatic rings. The van der Waals surface area contributed by atoms with E-state index < -0.39 is 0 Å². The van der Waals surface area contributed by atoms with Crippen LogP contribution < -0.4 is 11.1 Å². The highest BCUT2D eigenvalue weighted by molar-refractivity contribution is 7.99. The second kappa shape index (κ2) is 7.14. The van der Waals surface area contributed by atoms with Gasteiger partial charge in [0.1, 0.15) is 0 Å². The molecule has 0 radical (unpaired) electrons. The molecule has 2 atom stereocenters. The summed E-state index contributed by atoms with van der Waals surface area (Å²) in [6.07, 6.45) is 1.89. The van der Waals surface area contributed by atoms with Gasteiger partial charge < -0.3 is 16.2 Å². The third-order valence-electron chi connectivity index (χ3n) is 3.34. The lowest BCUT2D eigenvalue weighted by atomic mass is 10.1. The lowest BCUT2D eigenvalue weighted by Gasteiger charge is -2.13. The number of hydrogen-bond donors (Lipinski definition) is 3. The molecule has 2 rings (SSSR count). The van der Waals surface area contributed by atoms with Crippen LogP contribution in [0.4, 0.5) is 0 Å². The molecular weight excluding hydrogens is 244 g/mol. The molecule has 18 heavy (non-hydrogen) atoms. The Morgan fingerprint density at radius 2 is 2.06 bits per heavy atom. The molecule has 0 amide bonds. The van der Waals surface area contributed by atoms with Gasteiger partial charge in [-0.3, -0.25) is 0 Å². The molecule has 100 valence electrons. The van der Waals surface area contributed by atoms with Crippen LogP contribution in [0.2, 0.25) is 0 Å². The summed E-state index contributed by atoms with van der Waals surface area (Å²) < 4.78 is 0. The number of nitrogens with two attached hydrogens (primary N) is 1. The summed E-state index contributed by atoms with van der Waals surface area (Å²) in [4.78, 5) is 0. The quantitative estimate of drug-likeness (QED) is 0.659. The van der Waals surface area contributed by atoms with Gasteiger partial charge in [0, 0.05) is 31.0 Å². The Balaban J connectivity index is 1.75. The summed E-state index contributed by atoms with van der Waals surface area (Å²) in [6, 6.07) is 9.06. The first kappa shape index (κ1) is 13.9. The molecule has 4 N–H and O–H groups in total. The van der Waals surface area contributed by atoms with Crippen molar-refractivity contribution in [1.29, 1.82) is 0 Å². The van der Waals surface area contributed by atoms with Crippen LogP contribution in [0.15, 0.2) is 24.3 Å². The molecular formula is C14H22N2OS. The monoisotopic (exact) mass is 266 g/mol. The Labute approximate surface area is 113 Å². The number of rotatable bonds is 7. The van der Waals surface area contributed by atoms with Gasteiger partial charge in [0.2, 0.25) is 0 Å². The maximum atomic E-state index is 8.69. The van der Waals surface area contributed by atoms with Gasteiger partial charge in [-0.15, -0.1) is 0 Å². The first-order valence-corrected chi connectivity index (χ1v) is 7.75. The van der Waals surface area contributed by atoms with Crippen molar-refractivity contribution in [2.24, 2.45) is 5.73 Å². The fraction of sp³-hybridized carbons (Fsp3) is 0.571. The number of fused-ring (bicyclic) bond motifs is 1. The molecule has 1 aromatic carbocycles. The minimum atomic E-state index is 0.181. The zero-order valence-electron chi connectivity index (χ0n) is 10.6. The fourth-order valence-electron chi connectivity index (χ4n) is 2.44. The number of benzene rings is 1. The Kier molecular flexibility index (Phi) is 5.50. The molecule has 0 aliphatic heterocycles. The van der Waals surface area contributed by atoms with Gasteiger partial charge in [-0.25, -0.2) is 0 Å². The summed E-state index contributed by atoms with van der Waals surface area (Å²) >= 11 is 1.89. The Morgan fingerprint density at radius 3 is 2.83 bits per heavy atom. The van der Waals surface area contributed by atoms with Crippen molar-refractivity contribution in [3.05, 3.63) is 35.4 Å². The van der Waals surface area contributed by atoms with Gasteiger partial charge in [-0.1, -0.05) is 24.3 Å². The van der Waals surface area contributed by atoms with Crippen LogP contribution in [0.25, 0.3) is 0 Å². The smallest absolute Gasteiger partial charge is 0.0438 e. The normalized spacial score (nSPS) is 22.1. The third-order valence-corrected chi connectivity index (χ3v) is 4.41. The van der Waals surface area contributed by atoms with Crippen molar-refractivity contribution < 1.29 is 5.11 Å². The first-order valence-electron chi connectivity index (χ1n) is 6.59.